The van der Waals surface area contributed by atoms with E-state index < -0.39 is 5.41 Å². The third-order valence-electron chi connectivity index (χ3n) is 11.5. The van der Waals surface area contributed by atoms with Gasteiger partial charge in [0, 0.05) is 22.3 Å². The van der Waals surface area contributed by atoms with E-state index in [1.165, 1.54) is 54.6 Å². The Morgan fingerprint density at radius 2 is 0.564 bits per heavy atom. The predicted molar refractivity (Wildman–Crippen MR) is 228 cm³/mol. The van der Waals surface area contributed by atoms with Crippen LogP contribution in [0.2, 0.25) is 0 Å². The molecule has 0 unspecified atom stereocenters. The second-order valence-corrected chi connectivity index (χ2v) is 14.5. The first-order valence-corrected chi connectivity index (χ1v) is 18.9. The van der Waals surface area contributed by atoms with Gasteiger partial charge in [0.1, 0.15) is 0 Å². The molecule has 0 amide bonds. The van der Waals surface area contributed by atoms with Crippen LogP contribution >= 0.6 is 0 Å². The number of benzene rings is 8. The molecule has 8 aromatic carbocycles. The third kappa shape index (κ3) is 4.82. The molecule has 0 aliphatic heterocycles. The van der Waals surface area contributed by atoms with E-state index in [9.17, 15) is 0 Å². The Labute approximate surface area is 320 Å². The van der Waals surface area contributed by atoms with Crippen molar-refractivity contribution < 1.29 is 0 Å². The lowest BCUT2D eigenvalue weighted by molar-refractivity contribution is 0.769. The van der Waals surface area contributed by atoms with Crippen molar-refractivity contribution in [2.45, 2.75) is 5.41 Å². The zero-order chi connectivity index (χ0) is 36.3. The highest BCUT2D eigenvalue weighted by atomic mass is 14.7. The summed E-state index contributed by atoms with van der Waals surface area (Å²) in [5.41, 5.74) is 12.3. The van der Waals surface area contributed by atoms with Crippen LogP contribution < -0.4 is 0 Å². The molecule has 0 bridgehead atoms. The van der Waals surface area contributed by atoms with E-state index in [1.807, 2.05) is 0 Å². The van der Waals surface area contributed by atoms with E-state index in [0.717, 1.165) is 45.0 Å². The maximum atomic E-state index is 5.38. The lowest BCUT2D eigenvalue weighted by atomic mass is 9.66. The van der Waals surface area contributed by atoms with Gasteiger partial charge >= 0.3 is 0 Å². The molecule has 1 aliphatic rings. The Kier molecular flexibility index (Phi) is 7.11. The van der Waals surface area contributed by atoms with Crippen LogP contribution in [0.15, 0.2) is 206 Å². The van der Waals surface area contributed by atoms with Gasteiger partial charge in [0.2, 0.25) is 0 Å². The van der Waals surface area contributed by atoms with E-state index in [4.69, 9.17) is 9.97 Å². The van der Waals surface area contributed by atoms with E-state index in [-0.39, 0.29) is 0 Å². The van der Waals surface area contributed by atoms with Crippen LogP contribution in [0.4, 0.5) is 0 Å². The molecule has 2 heterocycles. The fourth-order valence-electron chi connectivity index (χ4n) is 9.13. The minimum Gasteiger partial charge on any atom is -0.248 e. The number of nitrogens with zero attached hydrogens (tertiary/aromatic N) is 2. The topological polar surface area (TPSA) is 25.8 Å². The van der Waals surface area contributed by atoms with Crippen molar-refractivity contribution in [2.24, 2.45) is 0 Å². The smallest absolute Gasteiger partial charge is 0.0717 e. The fourth-order valence-corrected chi connectivity index (χ4v) is 9.13. The summed E-state index contributed by atoms with van der Waals surface area (Å²) in [5.74, 6) is 0. The van der Waals surface area contributed by atoms with Crippen LogP contribution in [-0.4, -0.2) is 9.97 Å². The summed E-state index contributed by atoms with van der Waals surface area (Å²) < 4.78 is 0. The lowest BCUT2D eigenvalue weighted by Crippen LogP contribution is -2.29. The lowest BCUT2D eigenvalue weighted by Gasteiger charge is -2.35. The molecule has 11 rings (SSSR count). The van der Waals surface area contributed by atoms with Crippen LogP contribution in [0.25, 0.3) is 77.3 Å². The number of aromatic nitrogens is 2. The highest BCUT2D eigenvalue weighted by Crippen LogP contribution is 2.58. The summed E-state index contributed by atoms with van der Waals surface area (Å²) in [7, 11) is 0. The Morgan fingerprint density at radius 1 is 0.273 bits per heavy atom. The molecular weight excluding hydrogens is 665 g/mol. The van der Waals surface area contributed by atoms with Gasteiger partial charge in [-0.1, -0.05) is 182 Å². The van der Waals surface area contributed by atoms with Crippen LogP contribution in [0, 0.1) is 0 Å². The molecule has 0 saturated carbocycles. The second kappa shape index (κ2) is 12.5. The molecule has 2 nitrogen and oxygen atoms in total. The molecule has 0 radical (unpaired) electrons. The highest BCUT2D eigenvalue weighted by Gasteiger charge is 2.46. The van der Waals surface area contributed by atoms with Crippen molar-refractivity contribution in [3.05, 3.63) is 229 Å². The van der Waals surface area contributed by atoms with Crippen LogP contribution in [0.5, 0.6) is 0 Å². The van der Waals surface area contributed by atoms with E-state index in [0.29, 0.717) is 0 Å². The number of hydrogen-bond donors (Lipinski definition) is 0. The number of pyridine rings is 2. The van der Waals surface area contributed by atoms with Gasteiger partial charge in [0.05, 0.1) is 28.2 Å². The molecule has 0 saturated heterocycles. The second-order valence-electron chi connectivity index (χ2n) is 14.5. The average Bonchev–Trinajstić information content (AvgIpc) is 3.59. The monoisotopic (exact) mass is 698 g/mol. The van der Waals surface area contributed by atoms with Gasteiger partial charge < -0.3 is 0 Å². The van der Waals surface area contributed by atoms with Gasteiger partial charge in [-0.3, -0.25) is 0 Å². The first kappa shape index (κ1) is 31.4. The molecule has 2 heteroatoms. The number of fused-ring (bicyclic) bond motifs is 3. The van der Waals surface area contributed by atoms with Crippen LogP contribution in [0.3, 0.4) is 0 Å². The molecule has 256 valence electrons. The first-order valence-electron chi connectivity index (χ1n) is 18.9. The highest BCUT2D eigenvalue weighted by molar-refractivity contribution is 6.29. The van der Waals surface area contributed by atoms with Crippen molar-refractivity contribution in [1.82, 2.24) is 9.97 Å². The number of rotatable bonds is 6. The molecular formula is C53H34N2. The average molecular weight is 699 g/mol. The SMILES string of the molecule is c1ccc(-c2cc(C3(c4cc(-c5ccccc5)nc(-c5ccccc5)c4)c4cccc5c6ccccc6c6cccc3c6c45)cc(-c3ccccc3)n2)cc1. The number of hydrogen-bond acceptors (Lipinski definition) is 2. The maximum absolute atomic E-state index is 5.38. The molecule has 0 atom stereocenters. The van der Waals surface area contributed by atoms with Crippen molar-refractivity contribution >= 4 is 32.3 Å². The van der Waals surface area contributed by atoms with E-state index in [2.05, 4.69) is 206 Å². The fraction of sp³-hybridized carbons (Fsp3) is 0.0189. The van der Waals surface area contributed by atoms with Crippen molar-refractivity contribution in [3.8, 4) is 45.0 Å². The Morgan fingerprint density at radius 3 is 0.891 bits per heavy atom. The van der Waals surface area contributed by atoms with Gasteiger partial charge in [-0.2, -0.15) is 0 Å². The molecule has 0 fully saturated rings. The molecule has 0 N–H and O–H groups in total. The van der Waals surface area contributed by atoms with Gasteiger partial charge in [-0.05, 0) is 78.8 Å². The Balaban J connectivity index is 1.34. The first-order chi connectivity index (χ1) is 27.3. The van der Waals surface area contributed by atoms with Crippen molar-refractivity contribution in [3.63, 3.8) is 0 Å². The quantitative estimate of drug-likeness (QED) is 0.162. The molecule has 55 heavy (non-hydrogen) atoms. The summed E-state index contributed by atoms with van der Waals surface area (Å²) in [6.45, 7) is 0. The molecule has 10 aromatic rings. The van der Waals surface area contributed by atoms with Gasteiger partial charge in [0.15, 0.2) is 0 Å². The Bertz CT molecular complexity index is 2740. The summed E-state index contributed by atoms with van der Waals surface area (Å²) >= 11 is 0. The normalized spacial score (nSPS) is 12.9. The zero-order valence-corrected chi connectivity index (χ0v) is 30.0. The predicted octanol–water partition coefficient (Wildman–Crippen LogP) is 13.3. The summed E-state index contributed by atoms with van der Waals surface area (Å²) in [6, 6.07) is 74.5. The Hall–Kier alpha value is -7.16. The summed E-state index contributed by atoms with van der Waals surface area (Å²) in [6.07, 6.45) is 0. The zero-order valence-electron chi connectivity index (χ0n) is 30.0. The largest absolute Gasteiger partial charge is 0.248 e. The standard InChI is InChI=1S/C53H34N2/c1-5-17-35(18-6-1)47-31-39(32-48(54-47)36-19-7-2-8-20-36)53(40-33-49(37-21-9-3-10-22-37)55-50(34-40)38-23-11-4-12-24-38)45-29-15-27-43-41-25-13-14-26-42(41)44-28-16-30-46(53)52(44)51(43)45/h1-34H. The van der Waals surface area contributed by atoms with Gasteiger partial charge in [-0.25, -0.2) is 9.97 Å². The molecule has 1 aliphatic carbocycles. The van der Waals surface area contributed by atoms with E-state index in [1.54, 1.807) is 0 Å². The third-order valence-corrected chi connectivity index (χ3v) is 11.5. The maximum Gasteiger partial charge on any atom is 0.0717 e. The van der Waals surface area contributed by atoms with Crippen LogP contribution in [-0.2, 0) is 5.41 Å². The van der Waals surface area contributed by atoms with Crippen molar-refractivity contribution in [2.75, 3.05) is 0 Å². The molecule has 2 aromatic heterocycles. The molecule has 0 spiro atoms. The van der Waals surface area contributed by atoms with Crippen molar-refractivity contribution in [1.29, 1.82) is 0 Å². The van der Waals surface area contributed by atoms with Gasteiger partial charge in [-0.15, -0.1) is 0 Å². The van der Waals surface area contributed by atoms with Crippen LogP contribution in [0.1, 0.15) is 22.3 Å². The minimum atomic E-state index is -0.718. The minimum absolute atomic E-state index is 0.718. The van der Waals surface area contributed by atoms with E-state index >= 15 is 0 Å². The summed E-state index contributed by atoms with van der Waals surface area (Å²) in [5, 5.41) is 7.71. The van der Waals surface area contributed by atoms with Gasteiger partial charge in [0.25, 0.3) is 0 Å². The summed E-state index contributed by atoms with van der Waals surface area (Å²) in [4.78, 5) is 10.8.